The fourth-order valence-corrected chi connectivity index (χ4v) is 3.27. The van der Waals surface area contributed by atoms with Crippen LogP contribution in [0.15, 0.2) is 12.1 Å². The minimum Gasteiger partial charge on any atom is -0.268 e. The van der Waals surface area contributed by atoms with Gasteiger partial charge in [-0.25, -0.2) is 18.1 Å². The van der Waals surface area contributed by atoms with Crippen LogP contribution in [-0.2, 0) is 0 Å². The SMILES string of the molecule is O=C1c2c(Cl)c(Cl)c(Cl)c(Cl)c2C(=O)N1c1ccc(F)c(F)c1F. The van der Waals surface area contributed by atoms with Crippen molar-refractivity contribution in [1.82, 2.24) is 0 Å². The zero-order valence-corrected chi connectivity index (χ0v) is 14.1. The van der Waals surface area contributed by atoms with E-state index in [1.807, 2.05) is 0 Å². The third-order valence-corrected chi connectivity index (χ3v) is 5.16. The Hall–Kier alpha value is -1.47. The van der Waals surface area contributed by atoms with E-state index in [0.29, 0.717) is 6.07 Å². The minimum absolute atomic E-state index is 0.268. The number of halogens is 7. The van der Waals surface area contributed by atoms with Crippen molar-refractivity contribution >= 4 is 63.9 Å². The fraction of sp³-hybridized carbons (Fsp3) is 0. The van der Waals surface area contributed by atoms with Crippen molar-refractivity contribution in [2.45, 2.75) is 0 Å². The molecule has 2 amide bonds. The molecule has 0 atom stereocenters. The average molecular weight is 415 g/mol. The van der Waals surface area contributed by atoms with Gasteiger partial charge in [0.2, 0.25) is 0 Å². The number of carbonyl (C=O) groups excluding carboxylic acids is 2. The molecule has 0 saturated carbocycles. The van der Waals surface area contributed by atoms with Crippen LogP contribution in [0.4, 0.5) is 18.9 Å². The highest BCUT2D eigenvalue weighted by molar-refractivity contribution is 6.56. The van der Waals surface area contributed by atoms with E-state index in [4.69, 9.17) is 46.4 Å². The summed E-state index contributed by atoms with van der Waals surface area (Å²) in [6.45, 7) is 0. The van der Waals surface area contributed by atoms with Crippen LogP contribution in [0.2, 0.25) is 20.1 Å². The van der Waals surface area contributed by atoms with Crippen molar-refractivity contribution in [3.05, 3.63) is 60.8 Å². The van der Waals surface area contributed by atoms with E-state index in [1.165, 1.54) is 0 Å². The smallest absolute Gasteiger partial charge is 0.267 e. The molecule has 3 nitrogen and oxygen atoms in total. The summed E-state index contributed by atoms with van der Waals surface area (Å²) in [6.07, 6.45) is 0. The van der Waals surface area contributed by atoms with Gasteiger partial charge in [-0.15, -0.1) is 0 Å². The van der Waals surface area contributed by atoms with Gasteiger partial charge in [-0.2, -0.15) is 0 Å². The third kappa shape index (κ3) is 2.21. The standard InChI is InChI=1S/C14H2Cl4F3NO2/c15-7-5-6(8(16)10(18)9(7)17)14(24)22(13(5)23)4-2-1-3(19)11(20)12(4)21/h1-2H. The van der Waals surface area contributed by atoms with Crippen molar-refractivity contribution in [3.8, 4) is 0 Å². The first kappa shape index (κ1) is 17.4. The lowest BCUT2D eigenvalue weighted by Gasteiger charge is -2.15. The summed E-state index contributed by atoms with van der Waals surface area (Å²) in [4.78, 5) is 25.2. The molecule has 1 aliphatic heterocycles. The molecule has 2 aromatic rings. The fourth-order valence-electron chi connectivity index (χ4n) is 2.26. The molecular formula is C14H2Cl4F3NO2. The first-order valence-electron chi connectivity index (χ1n) is 6.06. The van der Waals surface area contributed by atoms with Crippen molar-refractivity contribution in [2.24, 2.45) is 0 Å². The summed E-state index contributed by atoms with van der Waals surface area (Å²) >= 11 is 23.5. The Balaban J connectivity index is 2.28. The number of benzene rings is 2. The van der Waals surface area contributed by atoms with Crippen molar-refractivity contribution in [2.75, 3.05) is 4.90 Å². The van der Waals surface area contributed by atoms with Gasteiger partial charge in [0.25, 0.3) is 11.8 Å². The van der Waals surface area contributed by atoms with Crippen LogP contribution >= 0.6 is 46.4 Å². The normalized spacial score (nSPS) is 13.7. The summed E-state index contributed by atoms with van der Waals surface area (Å²) in [5.41, 5.74) is -1.59. The molecule has 0 unspecified atom stereocenters. The molecule has 0 aliphatic carbocycles. The second-order valence-electron chi connectivity index (χ2n) is 4.65. The summed E-state index contributed by atoms with van der Waals surface area (Å²) < 4.78 is 40.4. The molecule has 0 saturated heterocycles. The van der Waals surface area contributed by atoms with Crippen LogP contribution in [0.1, 0.15) is 20.7 Å². The monoisotopic (exact) mass is 413 g/mol. The molecule has 3 rings (SSSR count). The molecule has 10 heteroatoms. The van der Waals surface area contributed by atoms with Crippen LogP contribution in [0.25, 0.3) is 0 Å². The number of carbonyl (C=O) groups is 2. The number of rotatable bonds is 1. The Morgan fingerprint density at radius 2 is 1.17 bits per heavy atom. The lowest BCUT2D eigenvalue weighted by molar-refractivity contribution is 0.0924. The number of amides is 2. The van der Waals surface area contributed by atoms with Crippen LogP contribution < -0.4 is 4.90 Å². The largest absolute Gasteiger partial charge is 0.268 e. The van der Waals surface area contributed by atoms with Crippen molar-refractivity contribution in [3.63, 3.8) is 0 Å². The highest BCUT2D eigenvalue weighted by Crippen LogP contribution is 2.46. The maximum Gasteiger partial charge on any atom is 0.267 e. The van der Waals surface area contributed by atoms with E-state index in [1.54, 1.807) is 0 Å². The summed E-state index contributed by atoms with van der Waals surface area (Å²) in [5, 5.41) is -1.25. The Morgan fingerprint density at radius 3 is 1.62 bits per heavy atom. The van der Waals surface area contributed by atoms with Crippen LogP contribution in [0.5, 0.6) is 0 Å². The van der Waals surface area contributed by atoms with E-state index in [-0.39, 0.29) is 25.0 Å². The van der Waals surface area contributed by atoms with E-state index in [0.717, 1.165) is 6.07 Å². The highest BCUT2D eigenvalue weighted by Gasteiger charge is 2.43. The van der Waals surface area contributed by atoms with Gasteiger partial charge in [0, 0.05) is 0 Å². The van der Waals surface area contributed by atoms with Gasteiger partial charge in [0.05, 0.1) is 36.9 Å². The Labute approximate surface area is 152 Å². The topological polar surface area (TPSA) is 37.4 Å². The zero-order chi connectivity index (χ0) is 17.9. The number of imide groups is 1. The molecule has 0 N–H and O–H groups in total. The molecule has 0 fully saturated rings. The van der Waals surface area contributed by atoms with E-state index in [2.05, 4.69) is 0 Å². The van der Waals surface area contributed by atoms with Gasteiger partial charge >= 0.3 is 0 Å². The molecule has 124 valence electrons. The summed E-state index contributed by atoms with van der Waals surface area (Å²) in [5.74, 6) is -7.21. The second kappa shape index (κ2) is 5.81. The van der Waals surface area contributed by atoms with Crippen molar-refractivity contribution in [1.29, 1.82) is 0 Å². The molecule has 24 heavy (non-hydrogen) atoms. The lowest BCUT2D eigenvalue weighted by Crippen LogP contribution is -2.30. The van der Waals surface area contributed by atoms with Crippen LogP contribution in [0, 0.1) is 17.5 Å². The molecule has 1 aliphatic rings. The Morgan fingerprint density at radius 1 is 0.708 bits per heavy atom. The predicted octanol–water partition coefficient (Wildman–Crippen LogP) is 5.52. The number of hydrogen-bond acceptors (Lipinski definition) is 2. The average Bonchev–Trinajstić information content (AvgIpc) is 2.80. The second-order valence-corrected chi connectivity index (χ2v) is 6.16. The third-order valence-electron chi connectivity index (χ3n) is 3.36. The van der Waals surface area contributed by atoms with Gasteiger partial charge in [-0.1, -0.05) is 46.4 Å². The van der Waals surface area contributed by atoms with Gasteiger partial charge < -0.3 is 0 Å². The number of fused-ring (bicyclic) bond motifs is 1. The molecule has 2 aromatic carbocycles. The summed E-state index contributed by atoms with van der Waals surface area (Å²) in [7, 11) is 0. The van der Waals surface area contributed by atoms with Crippen LogP contribution in [-0.4, -0.2) is 11.8 Å². The van der Waals surface area contributed by atoms with Crippen molar-refractivity contribution < 1.29 is 22.8 Å². The quantitative estimate of drug-likeness (QED) is 0.350. The number of anilines is 1. The Kier molecular flexibility index (Phi) is 4.20. The highest BCUT2D eigenvalue weighted by atomic mass is 35.5. The maximum absolute atomic E-state index is 14.0. The van der Waals surface area contributed by atoms with E-state index < -0.39 is 46.1 Å². The lowest BCUT2D eigenvalue weighted by atomic mass is 10.1. The first-order chi connectivity index (χ1) is 11.2. The summed E-state index contributed by atoms with van der Waals surface area (Å²) in [6, 6.07) is 1.31. The maximum atomic E-state index is 14.0. The Bertz CT molecular complexity index is 902. The predicted molar refractivity (Wildman–Crippen MR) is 83.9 cm³/mol. The number of nitrogens with zero attached hydrogens (tertiary/aromatic N) is 1. The van der Waals surface area contributed by atoms with Gasteiger partial charge in [0.1, 0.15) is 0 Å². The van der Waals surface area contributed by atoms with Crippen LogP contribution in [0.3, 0.4) is 0 Å². The first-order valence-corrected chi connectivity index (χ1v) is 7.57. The molecule has 0 bridgehead atoms. The molecule has 0 spiro atoms. The van der Waals surface area contributed by atoms with Gasteiger partial charge in [-0.05, 0) is 12.1 Å². The van der Waals surface area contributed by atoms with E-state index >= 15 is 0 Å². The van der Waals surface area contributed by atoms with Gasteiger partial charge in [-0.3, -0.25) is 9.59 Å². The molecule has 0 radical (unpaired) electrons. The minimum atomic E-state index is -1.84. The van der Waals surface area contributed by atoms with Gasteiger partial charge in [0.15, 0.2) is 17.5 Å². The number of hydrogen-bond donors (Lipinski definition) is 0. The van der Waals surface area contributed by atoms with E-state index in [9.17, 15) is 22.8 Å². The molecular weight excluding hydrogens is 413 g/mol. The molecule has 1 heterocycles. The molecule has 0 aromatic heterocycles. The zero-order valence-electron chi connectivity index (χ0n) is 11.1.